The predicted octanol–water partition coefficient (Wildman–Crippen LogP) is 0.0875. The molecule has 1 aromatic carbocycles. The fourth-order valence-corrected chi connectivity index (χ4v) is 2.05. The van der Waals surface area contributed by atoms with E-state index in [4.69, 9.17) is 50.4 Å². The second-order valence-electron chi connectivity index (χ2n) is 4.91. The minimum Gasteiger partial charge on any atom is -0.480 e. The van der Waals surface area contributed by atoms with Gasteiger partial charge in [0.05, 0.1) is 4.90 Å². The summed E-state index contributed by atoms with van der Waals surface area (Å²) in [5, 5.41) is 8.27. The van der Waals surface area contributed by atoms with Crippen LogP contribution in [0, 0.1) is 6.92 Å². The molecule has 18 heteroatoms. The summed E-state index contributed by atoms with van der Waals surface area (Å²) in [5.74, 6) is -0.1000. The first kappa shape index (κ1) is 33.3. The van der Waals surface area contributed by atoms with E-state index in [9.17, 15) is 13.2 Å². The van der Waals surface area contributed by atoms with Crippen molar-refractivity contribution in [3.05, 3.63) is 29.8 Å². The third kappa shape index (κ3) is 34.2. The smallest absolute Gasteiger partial charge is 0.394 e. The van der Waals surface area contributed by atoms with E-state index in [1.165, 1.54) is 12.1 Å². The Morgan fingerprint density at radius 3 is 1.50 bits per heavy atom. The minimum atomic E-state index is -4.67. The summed E-state index contributed by atoms with van der Waals surface area (Å²) < 4.78 is 92.7. The minimum absolute atomic E-state index is 0.0666. The van der Waals surface area contributed by atoms with Gasteiger partial charge in [0.2, 0.25) is 0 Å². The molecule has 0 amide bonds. The van der Waals surface area contributed by atoms with Gasteiger partial charge in [-0.2, -0.15) is 37.0 Å². The third-order valence-corrected chi connectivity index (χ3v) is 3.78. The Morgan fingerprint density at radius 2 is 1.27 bits per heavy atom. The Kier molecular flexibility index (Phi) is 17.1. The van der Waals surface area contributed by atoms with E-state index < -0.39 is 42.9 Å². The maximum Gasteiger partial charge on any atom is 0.394 e. The third-order valence-electron chi connectivity index (χ3n) is 2.27. The van der Waals surface area contributed by atoms with Gasteiger partial charge >= 0.3 is 26.8 Å². The number of carboxylic acid groups (broad SMARTS) is 1. The van der Waals surface area contributed by atoms with Crippen LogP contribution in [0.25, 0.3) is 0 Å². The van der Waals surface area contributed by atoms with Crippen molar-refractivity contribution < 1.29 is 57.9 Å². The highest BCUT2D eigenvalue weighted by Crippen LogP contribution is 2.08. The zero-order chi connectivity index (χ0) is 24.8. The maximum atomic E-state index is 10.5. The summed E-state index contributed by atoms with van der Waals surface area (Å²) in [5.41, 5.74) is 6.15. The van der Waals surface area contributed by atoms with E-state index in [-0.39, 0.29) is 4.90 Å². The summed E-state index contributed by atoms with van der Waals surface area (Å²) in [6, 6.07) is 5.30. The van der Waals surface area contributed by atoms with Crippen LogP contribution in [0.5, 0.6) is 0 Å². The van der Waals surface area contributed by atoms with Crippen molar-refractivity contribution in [2.45, 2.75) is 24.3 Å². The number of hydrogen-bond acceptors (Lipinski definition) is 9. The molecular weight excluding hydrogens is 494 g/mol. The molecule has 0 saturated carbocycles. The normalized spacial score (nSPS) is 12.0. The zero-order valence-corrected chi connectivity index (χ0v) is 18.8. The van der Waals surface area contributed by atoms with Crippen LogP contribution in [-0.4, -0.2) is 77.1 Å². The van der Waals surface area contributed by atoms with Crippen molar-refractivity contribution in [3.63, 3.8) is 0 Å². The quantitative estimate of drug-likeness (QED) is 0.255. The number of aryl methyl sites for hydroxylation is 1. The average molecular weight is 518 g/mol. The van der Waals surface area contributed by atoms with Gasteiger partial charge in [-0.3, -0.25) is 27.6 Å². The molecule has 1 aromatic rings. The van der Waals surface area contributed by atoms with Gasteiger partial charge in [-0.15, -0.1) is 0 Å². The molecule has 1 atom stereocenters. The second kappa shape index (κ2) is 15.5. The summed E-state index contributed by atoms with van der Waals surface area (Å²) in [6.45, 7) is 1.84. The predicted molar refractivity (Wildman–Crippen MR) is 108 cm³/mol. The molecule has 0 aromatic heterocycles. The Bertz CT molecular complexity index is 879. The SMILES string of the molecule is CSCCC(N)C(=O)O.Cc1ccc(S(=O)(=O)O)cc1.O=S(=O)(O)O.O=S(=O)(O)O. The van der Waals surface area contributed by atoms with Crippen molar-refractivity contribution >= 4 is 48.6 Å². The van der Waals surface area contributed by atoms with Crippen LogP contribution < -0.4 is 5.73 Å². The number of benzene rings is 1. The monoisotopic (exact) mass is 517 g/mol. The molecule has 30 heavy (non-hydrogen) atoms. The van der Waals surface area contributed by atoms with E-state index in [1.807, 2.05) is 13.2 Å². The fraction of sp³-hybridized carbons (Fsp3) is 0.417. The van der Waals surface area contributed by atoms with Gasteiger partial charge in [-0.05, 0) is 37.5 Å². The number of thioether (sulfide) groups is 1. The Balaban J connectivity index is -0.000000346. The van der Waals surface area contributed by atoms with E-state index >= 15 is 0 Å². The number of aliphatic carboxylic acids is 1. The summed E-state index contributed by atoms with van der Waals surface area (Å²) in [7, 11) is -13.4. The van der Waals surface area contributed by atoms with E-state index in [0.29, 0.717) is 6.42 Å². The molecule has 0 aliphatic carbocycles. The highest BCUT2D eigenvalue weighted by atomic mass is 32.3. The zero-order valence-electron chi connectivity index (χ0n) is 15.6. The average Bonchev–Trinajstić information content (AvgIpc) is 2.49. The fourth-order valence-electron chi connectivity index (χ4n) is 1.08. The van der Waals surface area contributed by atoms with Gasteiger partial charge in [0.15, 0.2) is 0 Å². The maximum absolute atomic E-state index is 10.5. The summed E-state index contributed by atoms with van der Waals surface area (Å²) >= 11 is 1.60. The molecule has 8 N–H and O–H groups in total. The van der Waals surface area contributed by atoms with Crippen LogP contribution in [-0.2, 0) is 35.7 Å². The second-order valence-corrected chi connectivity index (χ2v) is 9.11. The molecule has 0 aliphatic heterocycles. The lowest BCUT2D eigenvalue weighted by molar-refractivity contribution is -0.138. The van der Waals surface area contributed by atoms with Crippen LogP contribution in [0.1, 0.15) is 12.0 Å². The van der Waals surface area contributed by atoms with Gasteiger partial charge in [0.1, 0.15) is 6.04 Å². The molecule has 0 bridgehead atoms. The van der Waals surface area contributed by atoms with Crippen LogP contribution in [0.15, 0.2) is 29.2 Å². The van der Waals surface area contributed by atoms with Gasteiger partial charge in [-0.1, -0.05) is 17.7 Å². The first-order valence-electron chi connectivity index (χ1n) is 7.09. The largest absolute Gasteiger partial charge is 0.480 e. The number of hydrogen-bond donors (Lipinski definition) is 7. The highest BCUT2D eigenvalue weighted by molar-refractivity contribution is 7.98. The molecule has 1 rings (SSSR count). The van der Waals surface area contributed by atoms with Crippen molar-refractivity contribution in [2.24, 2.45) is 5.73 Å². The van der Waals surface area contributed by atoms with Crippen molar-refractivity contribution in [1.29, 1.82) is 0 Å². The van der Waals surface area contributed by atoms with Crippen LogP contribution in [0.4, 0.5) is 0 Å². The van der Waals surface area contributed by atoms with E-state index in [0.717, 1.165) is 11.3 Å². The van der Waals surface area contributed by atoms with Crippen molar-refractivity contribution in [3.8, 4) is 0 Å². The molecule has 0 radical (unpaired) electrons. The van der Waals surface area contributed by atoms with Crippen LogP contribution >= 0.6 is 11.8 Å². The molecule has 0 heterocycles. The van der Waals surface area contributed by atoms with Gasteiger partial charge in [0.25, 0.3) is 10.1 Å². The number of rotatable bonds is 5. The lowest BCUT2D eigenvalue weighted by Crippen LogP contribution is -2.30. The standard InChI is InChI=1S/C7H8O3S.C5H11NO2S.2H2O4S/c1-6-2-4-7(5-3-6)11(8,9)10;1-9-3-2-4(6)5(7)8;2*1-5(2,3)4/h2-5H,1H3,(H,8,9,10);4H,2-3,6H2,1H3,(H,7,8);2*(H2,1,2,3,4). The topological polar surface area (TPSA) is 267 Å². The number of nitrogens with two attached hydrogens (primary N) is 1. The van der Waals surface area contributed by atoms with Crippen molar-refractivity contribution in [1.82, 2.24) is 0 Å². The Morgan fingerprint density at radius 1 is 0.933 bits per heavy atom. The van der Waals surface area contributed by atoms with Gasteiger partial charge in [-0.25, -0.2) is 0 Å². The summed E-state index contributed by atoms with van der Waals surface area (Å²) in [6.07, 6.45) is 2.48. The first-order chi connectivity index (χ1) is 13.2. The van der Waals surface area contributed by atoms with Crippen LogP contribution in [0.2, 0.25) is 0 Å². The number of carbonyl (C=O) groups is 1. The lowest BCUT2D eigenvalue weighted by atomic mass is 10.2. The molecule has 178 valence electrons. The molecular formula is C12H23NO13S4. The number of carboxylic acids is 1. The first-order valence-corrected chi connectivity index (χ1v) is 12.7. The highest BCUT2D eigenvalue weighted by Gasteiger charge is 2.09. The molecule has 1 unspecified atom stereocenters. The van der Waals surface area contributed by atoms with Gasteiger partial charge < -0.3 is 10.8 Å². The Hall–Kier alpha value is -1.35. The van der Waals surface area contributed by atoms with E-state index in [1.54, 1.807) is 23.9 Å². The summed E-state index contributed by atoms with van der Waals surface area (Å²) in [4.78, 5) is 10.0. The molecule has 14 nitrogen and oxygen atoms in total. The Labute approximate surface area is 178 Å². The van der Waals surface area contributed by atoms with Crippen molar-refractivity contribution in [2.75, 3.05) is 12.0 Å². The molecule has 0 fully saturated rings. The van der Waals surface area contributed by atoms with Gasteiger partial charge in [0, 0.05) is 0 Å². The molecule has 0 aliphatic rings. The lowest BCUT2D eigenvalue weighted by Gasteiger charge is -2.02. The molecule has 0 saturated heterocycles. The molecule has 0 spiro atoms. The van der Waals surface area contributed by atoms with E-state index in [2.05, 4.69) is 0 Å². The van der Waals surface area contributed by atoms with Crippen LogP contribution in [0.3, 0.4) is 0 Å².